The number of H-pyrrole nitrogens is 1. The van der Waals surface area contributed by atoms with Gasteiger partial charge in [-0.05, 0) is 38.1 Å². The molecule has 1 aliphatic rings. The predicted molar refractivity (Wildman–Crippen MR) is 73.7 cm³/mol. The fraction of sp³-hybridized carbons (Fsp3) is 0.417. The third-order valence-corrected chi connectivity index (χ3v) is 3.93. The maximum absolute atomic E-state index is 12.1. The van der Waals surface area contributed by atoms with Crippen LogP contribution in [0.4, 0.5) is 0 Å². The van der Waals surface area contributed by atoms with Gasteiger partial charge in [-0.1, -0.05) is 23.2 Å². The number of nitrogens with one attached hydrogen (secondary N) is 2. The lowest BCUT2D eigenvalue weighted by Crippen LogP contribution is -2.33. The van der Waals surface area contributed by atoms with Crippen molar-refractivity contribution in [2.45, 2.75) is 18.9 Å². The molecule has 0 aliphatic carbocycles. The van der Waals surface area contributed by atoms with Crippen molar-refractivity contribution in [3.8, 4) is 0 Å². The van der Waals surface area contributed by atoms with E-state index in [0.717, 1.165) is 31.4 Å². The van der Waals surface area contributed by atoms with Gasteiger partial charge >= 0.3 is 5.69 Å². The molecule has 2 N–H and O–H groups in total. The summed E-state index contributed by atoms with van der Waals surface area (Å²) >= 11 is 12.1. The molecule has 0 bridgehead atoms. The molecule has 6 heteroatoms. The number of imidazole rings is 1. The molecule has 18 heavy (non-hydrogen) atoms. The highest BCUT2D eigenvalue weighted by molar-refractivity contribution is 6.38. The summed E-state index contributed by atoms with van der Waals surface area (Å²) in [4.78, 5) is 14.9. The van der Waals surface area contributed by atoms with Crippen molar-refractivity contribution in [2.24, 2.45) is 0 Å². The quantitative estimate of drug-likeness (QED) is 0.846. The first kappa shape index (κ1) is 12.1. The highest BCUT2D eigenvalue weighted by atomic mass is 35.5. The second-order valence-electron chi connectivity index (χ2n) is 4.56. The number of benzene rings is 1. The summed E-state index contributed by atoms with van der Waals surface area (Å²) in [5.41, 5.74) is 1.36. The smallest absolute Gasteiger partial charge is 0.317 e. The number of hydrogen-bond donors (Lipinski definition) is 2. The predicted octanol–water partition coefficient (Wildman–Crippen LogP) is 2.56. The maximum atomic E-state index is 12.1. The van der Waals surface area contributed by atoms with Crippen LogP contribution in [0.5, 0.6) is 0 Å². The molecule has 1 saturated heterocycles. The van der Waals surface area contributed by atoms with Crippen molar-refractivity contribution in [3.63, 3.8) is 0 Å². The highest BCUT2D eigenvalue weighted by Crippen LogP contribution is 2.29. The van der Waals surface area contributed by atoms with Crippen LogP contribution in [0, 0.1) is 0 Å². The van der Waals surface area contributed by atoms with Gasteiger partial charge in [-0.2, -0.15) is 0 Å². The molecule has 96 valence electrons. The average Bonchev–Trinajstić information content (AvgIpc) is 2.67. The minimum atomic E-state index is -0.110. The van der Waals surface area contributed by atoms with Crippen molar-refractivity contribution < 1.29 is 0 Å². The van der Waals surface area contributed by atoms with Crippen LogP contribution >= 0.6 is 23.2 Å². The first-order chi connectivity index (χ1) is 8.66. The number of rotatable bonds is 1. The number of nitrogens with zero attached hydrogens (tertiary/aromatic N) is 1. The van der Waals surface area contributed by atoms with E-state index in [-0.39, 0.29) is 11.7 Å². The van der Waals surface area contributed by atoms with E-state index in [0.29, 0.717) is 15.6 Å². The molecule has 1 fully saturated rings. The summed E-state index contributed by atoms with van der Waals surface area (Å²) in [5.74, 6) is 0. The molecule has 1 aromatic heterocycles. The second kappa shape index (κ2) is 4.61. The SMILES string of the molecule is O=c1[nH]c2c(Cl)cc(Cl)cc2n1C1CCNCC1. The van der Waals surface area contributed by atoms with E-state index in [9.17, 15) is 4.79 Å². The third-order valence-electron chi connectivity index (χ3n) is 3.42. The standard InChI is InChI=1S/C12H13Cl2N3O/c13-7-5-9(14)11-10(6-7)17(12(18)16-11)8-1-3-15-4-2-8/h5-6,8,15H,1-4H2,(H,16,18). The van der Waals surface area contributed by atoms with Gasteiger partial charge in [0.2, 0.25) is 0 Å². The molecule has 0 atom stereocenters. The lowest BCUT2D eigenvalue weighted by molar-refractivity contribution is 0.368. The summed E-state index contributed by atoms with van der Waals surface area (Å²) in [6.07, 6.45) is 1.88. The Labute approximate surface area is 114 Å². The lowest BCUT2D eigenvalue weighted by Gasteiger charge is -2.23. The summed E-state index contributed by atoms with van der Waals surface area (Å²) in [6, 6.07) is 3.65. The van der Waals surface area contributed by atoms with Crippen LogP contribution < -0.4 is 11.0 Å². The number of aromatic nitrogens is 2. The van der Waals surface area contributed by atoms with Gasteiger partial charge in [0.25, 0.3) is 0 Å². The Kier molecular flexibility index (Phi) is 3.09. The van der Waals surface area contributed by atoms with Crippen molar-refractivity contribution in [1.82, 2.24) is 14.9 Å². The van der Waals surface area contributed by atoms with E-state index < -0.39 is 0 Å². The zero-order valence-corrected chi connectivity index (χ0v) is 11.2. The molecule has 1 aliphatic heterocycles. The molecule has 1 aromatic carbocycles. The van der Waals surface area contributed by atoms with Crippen LogP contribution in [-0.4, -0.2) is 22.6 Å². The van der Waals surface area contributed by atoms with Crippen molar-refractivity contribution >= 4 is 34.2 Å². The lowest BCUT2D eigenvalue weighted by atomic mass is 10.1. The summed E-state index contributed by atoms with van der Waals surface area (Å²) in [6.45, 7) is 1.86. The number of aromatic amines is 1. The minimum Gasteiger partial charge on any atom is -0.317 e. The van der Waals surface area contributed by atoms with E-state index in [1.54, 1.807) is 16.7 Å². The fourth-order valence-electron chi connectivity index (χ4n) is 2.58. The number of piperidine rings is 1. The molecular formula is C12H13Cl2N3O. The molecular weight excluding hydrogens is 273 g/mol. The van der Waals surface area contributed by atoms with Gasteiger partial charge in [-0.15, -0.1) is 0 Å². The van der Waals surface area contributed by atoms with Gasteiger partial charge in [0, 0.05) is 11.1 Å². The van der Waals surface area contributed by atoms with E-state index >= 15 is 0 Å². The van der Waals surface area contributed by atoms with E-state index in [4.69, 9.17) is 23.2 Å². The minimum absolute atomic E-state index is 0.110. The zero-order valence-electron chi connectivity index (χ0n) is 9.67. The van der Waals surface area contributed by atoms with Crippen molar-refractivity contribution in [1.29, 1.82) is 0 Å². The van der Waals surface area contributed by atoms with Gasteiger partial charge in [-0.25, -0.2) is 4.79 Å². The van der Waals surface area contributed by atoms with Crippen molar-refractivity contribution in [2.75, 3.05) is 13.1 Å². The Morgan fingerprint density at radius 1 is 1.22 bits per heavy atom. The monoisotopic (exact) mass is 285 g/mol. The van der Waals surface area contributed by atoms with Crippen LogP contribution in [0.15, 0.2) is 16.9 Å². The second-order valence-corrected chi connectivity index (χ2v) is 5.41. The van der Waals surface area contributed by atoms with Crippen LogP contribution in [0.3, 0.4) is 0 Å². The van der Waals surface area contributed by atoms with Gasteiger partial charge in [0.05, 0.1) is 16.1 Å². The van der Waals surface area contributed by atoms with Gasteiger partial charge in [0.15, 0.2) is 0 Å². The van der Waals surface area contributed by atoms with Gasteiger partial charge in [-0.3, -0.25) is 4.57 Å². The topological polar surface area (TPSA) is 49.8 Å². The van der Waals surface area contributed by atoms with Crippen LogP contribution in [0.1, 0.15) is 18.9 Å². The third kappa shape index (κ3) is 1.94. The number of hydrogen-bond acceptors (Lipinski definition) is 2. The fourth-order valence-corrected chi connectivity index (χ4v) is 3.11. The normalized spacial score (nSPS) is 17.4. The summed E-state index contributed by atoms with van der Waals surface area (Å²) in [7, 11) is 0. The number of halogens is 2. The van der Waals surface area contributed by atoms with Gasteiger partial charge in [0.1, 0.15) is 0 Å². The molecule has 0 spiro atoms. The summed E-state index contributed by atoms with van der Waals surface area (Å²) in [5, 5.41) is 4.33. The molecule has 4 nitrogen and oxygen atoms in total. The zero-order chi connectivity index (χ0) is 12.7. The Bertz CT molecular complexity index is 641. The highest BCUT2D eigenvalue weighted by Gasteiger charge is 2.20. The Morgan fingerprint density at radius 3 is 2.67 bits per heavy atom. The van der Waals surface area contributed by atoms with E-state index in [1.165, 1.54) is 0 Å². The first-order valence-electron chi connectivity index (χ1n) is 5.97. The molecule has 2 heterocycles. The largest absolute Gasteiger partial charge is 0.326 e. The Balaban J connectivity index is 2.21. The molecule has 0 amide bonds. The van der Waals surface area contributed by atoms with Gasteiger partial charge < -0.3 is 10.3 Å². The molecule has 3 rings (SSSR count). The van der Waals surface area contributed by atoms with Crippen molar-refractivity contribution in [3.05, 3.63) is 32.7 Å². The Hall–Kier alpha value is -0.970. The van der Waals surface area contributed by atoms with Crippen LogP contribution in [0.25, 0.3) is 11.0 Å². The van der Waals surface area contributed by atoms with Crippen LogP contribution in [-0.2, 0) is 0 Å². The van der Waals surface area contributed by atoms with E-state index in [2.05, 4.69) is 10.3 Å². The Morgan fingerprint density at radius 2 is 1.94 bits per heavy atom. The molecule has 0 radical (unpaired) electrons. The molecule has 0 unspecified atom stereocenters. The summed E-state index contributed by atoms with van der Waals surface area (Å²) < 4.78 is 1.79. The number of fused-ring (bicyclic) bond motifs is 1. The average molecular weight is 286 g/mol. The first-order valence-corrected chi connectivity index (χ1v) is 6.72. The molecule has 2 aromatic rings. The molecule has 0 saturated carbocycles. The maximum Gasteiger partial charge on any atom is 0.326 e. The van der Waals surface area contributed by atoms with Crippen LogP contribution in [0.2, 0.25) is 10.0 Å². The van der Waals surface area contributed by atoms with E-state index in [1.807, 2.05) is 0 Å².